The summed E-state index contributed by atoms with van der Waals surface area (Å²) in [4.78, 5) is 64.1. The van der Waals surface area contributed by atoms with Crippen molar-refractivity contribution in [3.8, 4) is 5.75 Å². The summed E-state index contributed by atoms with van der Waals surface area (Å²) in [6.45, 7) is 4.82. The number of benzene rings is 1. The standard InChI is InChI=1S/C29H32N6O6/c1-23(36)29(39-26-5-3-2-4-6-26,27(37)40-34-19-15-32(16-20-34)24-7-11-30-12-8-24)28(38)41-35-21-17-33(18-22-35)25-9-13-31-14-10-25/h2-14H,15-22H2,1H3. The first-order chi connectivity index (χ1) is 20.0. The first-order valence-electron chi connectivity index (χ1n) is 13.5. The zero-order chi connectivity index (χ0) is 28.7. The average Bonchev–Trinajstić information content (AvgIpc) is 3.01. The van der Waals surface area contributed by atoms with Crippen molar-refractivity contribution in [3.63, 3.8) is 0 Å². The number of hydroxylamine groups is 4. The van der Waals surface area contributed by atoms with E-state index in [-0.39, 0.29) is 5.75 Å². The zero-order valence-corrected chi connectivity index (χ0v) is 22.8. The Balaban J connectivity index is 1.29. The van der Waals surface area contributed by atoms with E-state index < -0.39 is 23.3 Å². The molecule has 0 atom stereocenters. The lowest BCUT2D eigenvalue weighted by molar-refractivity contribution is -0.227. The Bertz CT molecular complexity index is 1240. The Hall–Kier alpha value is -4.55. The van der Waals surface area contributed by atoms with Crippen molar-refractivity contribution < 1.29 is 28.8 Å². The summed E-state index contributed by atoms with van der Waals surface area (Å²) in [6, 6.07) is 15.8. The Kier molecular flexibility index (Phi) is 8.70. The number of hydrogen-bond acceptors (Lipinski definition) is 12. The van der Waals surface area contributed by atoms with Gasteiger partial charge in [-0.25, -0.2) is 9.59 Å². The van der Waals surface area contributed by atoms with E-state index in [0.29, 0.717) is 52.4 Å². The van der Waals surface area contributed by atoms with Crippen LogP contribution in [0.1, 0.15) is 6.92 Å². The van der Waals surface area contributed by atoms with Gasteiger partial charge in [-0.1, -0.05) is 18.2 Å². The Morgan fingerprint density at radius 2 is 1.05 bits per heavy atom. The molecule has 0 radical (unpaired) electrons. The fourth-order valence-corrected chi connectivity index (χ4v) is 4.74. The summed E-state index contributed by atoms with van der Waals surface area (Å²) in [5, 5.41) is 2.87. The first kappa shape index (κ1) is 28.0. The summed E-state index contributed by atoms with van der Waals surface area (Å²) >= 11 is 0. The van der Waals surface area contributed by atoms with Crippen LogP contribution in [0.2, 0.25) is 0 Å². The largest absolute Gasteiger partial charge is 0.458 e. The van der Waals surface area contributed by atoms with Gasteiger partial charge < -0.3 is 24.2 Å². The van der Waals surface area contributed by atoms with Crippen molar-refractivity contribution in [2.45, 2.75) is 12.5 Å². The van der Waals surface area contributed by atoms with Gasteiger partial charge in [-0.3, -0.25) is 14.8 Å². The molecule has 3 aromatic rings. The molecule has 4 heterocycles. The monoisotopic (exact) mass is 560 g/mol. The topological polar surface area (TPSA) is 118 Å². The molecule has 0 saturated carbocycles. The third-order valence-electron chi connectivity index (χ3n) is 7.04. The highest BCUT2D eigenvalue weighted by molar-refractivity contribution is 6.23. The third-order valence-corrected chi connectivity index (χ3v) is 7.04. The average molecular weight is 561 g/mol. The molecule has 1 aromatic carbocycles. The lowest BCUT2D eigenvalue weighted by atomic mass is 9.99. The number of ketones is 1. The minimum absolute atomic E-state index is 0.154. The van der Waals surface area contributed by atoms with E-state index >= 15 is 0 Å². The van der Waals surface area contributed by atoms with Gasteiger partial charge in [0.1, 0.15) is 5.75 Å². The molecule has 0 N–H and O–H groups in total. The molecule has 12 nitrogen and oxygen atoms in total. The lowest BCUT2D eigenvalue weighted by Gasteiger charge is -2.38. The summed E-state index contributed by atoms with van der Waals surface area (Å²) in [5.74, 6) is -2.98. The predicted octanol–water partition coefficient (Wildman–Crippen LogP) is 1.74. The number of nitrogens with zero attached hydrogens (tertiary/aromatic N) is 6. The van der Waals surface area contributed by atoms with Gasteiger partial charge in [0.2, 0.25) is 0 Å². The van der Waals surface area contributed by atoms with E-state index in [2.05, 4.69) is 19.8 Å². The second-order valence-electron chi connectivity index (χ2n) is 9.65. The van der Waals surface area contributed by atoms with Crippen LogP contribution in [0.3, 0.4) is 0 Å². The van der Waals surface area contributed by atoms with Crippen molar-refractivity contribution in [2.24, 2.45) is 0 Å². The summed E-state index contributed by atoms with van der Waals surface area (Å²) in [7, 11) is 0. The molecule has 2 aliphatic rings. The molecule has 214 valence electrons. The molecule has 41 heavy (non-hydrogen) atoms. The number of carbonyl (C=O) groups is 3. The summed E-state index contributed by atoms with van der Waals surface area (Å²) in [5.41, 5.74) is -0.639. The number of rotatable bonds is 9. The minimum atomic E-state index is -2.65. The predicted molar refractivity (Wildman–Crippen MR) is 149 cm³/mol. The maximum atomic E-state index is 13.7. The van der Waals surface area contributed by atoms with E-state index in [9.17, 15) is 14.4 Å². The van der Waals surface area contributed by atoms with Crippen LogP contribution in [-0.2, 0) is 24.1 Å². The summed E-state index contributed by atoms with van der Waals surface area (Å²) in [6.07, 6.45) is 6.87. The number of carbonyl (C=O) groups excluding carboxylic acids is 3. The number of piperazine rings is 2. The molecule has 0 bridgehead atoms. The molecule has 2 aromatic heterocycles. The van der Waals surface area contributed by atoms with Gasteiger partial charge in [-0.15, -0.1) is 10.1 Å². The van der Waals surface area contributed by atoms with Crippen LogP contribution in [0.25, 0.3) is 0 Å². The van der Waals surface area contributed by atoms with Gasteiger partial charge >= 0.3 is 17.5 Å². The maximum Gasteiger partial charge on any atom is 0.389 e. The van der Waals surface area contributed by atoms with E-state index in [4.69, 9.17) is 14.4 Å². The SMILES string of the molecule is CC(=O)C(Oc1ccccc1)(C(=O)ON1CCN(c2ccncc2)CC1)C(=O)ON1CCN(c2ccncc2)CC1. The van der Waals surface area contributed by atoms with Crippen LogP contribution in [0.5, 0.6) is 5.75 Å². The van der Waals surface area contributed by atoms with Gasteiger partial charge in [-0.2, -0.15) is 0 Å². The second-order valence-corrected chi connectivity index (χ2v) is 9.65. The smallest absolute Gasteiger partial charge is 0.389 e. The molecular formula is C29H32N6O6. The van der Waals surface area contributed by atoms with Crippen LogP contribution in [0.15, 0.2) is 79.4 Å². The quantitative estimate of drug-likeness (QED) is 0.355. The van der Waals surface area contributed by atoms with E-state index in [1.165, 1.54) is 10.1 Å². The van der Waals surface area contributed by atoms with Crippen molar-refractivity contribution in [2.75, 3.05) is 62.2 Å². The van der Waals surface area contributed by atoms with Gasteiger partial charge in [-0.05, 0) is 43.3 Å². The number of aromatic nitrogens is 2. The van der Waals surface area contributed by atoms with Crippen LogP contribution in [0, 0.1) is 0 Å². The van der Waals surface area contributed by atoms with Gasteiger partial charge in [0.25, 0.3) is 0 Å². The number of hydrogen-bond donors (Lipinski definition) is 0. The maximum absolute atomic E-state index is 13.7. The summed E-state index contributed by atoms with van der Waals surface area (Å²) < 4.78 is 5.86. The highest BCUT2D eigenvalue weighted by Gasteiger charge is 2.59. The van der Waals surface area contributed by atoms with Crippen molar-refractivity contribution in [3.05, 3.63) is 79.4 Å². The van der Waals surface area contributed by atoms with E-state index in [1.807, 2.05) is 24.3 Å². The number of Topliss-reactive ketones (excluding diaryl/α,β-unsaturated/α-hetero) is 1. The van der Waals surface area contributed by atoms with Crippen molar-refractivity contribution in [1.29, 1.82) is 0 Å². The van der Waals surface area contributed by atoms with Crippen molar-refractivity contribution >= 4 is 29.1 Å². The molecule has 0 aliphatic carbocycles. The molecule has 0 unspecified atom stereocenters. The highest BCUT2D eigenvalue weighted by Crippen LogP contribution is 2.25. The third kappa shape index (κ3) is 6.44. The Morgan fingerprint density at radius 3 is 1.44 bits per heavy atom. The highest BCUT2D eigenvalue weighted by atomic mass is 16.7. The molecule has 0 amide bonds. The molecule has 2 saturated heterocycles. The van der Waals surface area contributed by atoms with Crippen LogP contribution in [-0.4, -0.2) is 95.8 Å². The minimum Gasteiger partial charge on any atom is -0.458 e. The number of anilines is 2. The van der Waals surface area contributed by atoms with Crippen LogP contribution >= 0.6 is 0 Å². The van der Waals surface area contributed by atoms with E-state index in [0.717, 1.165) is 18.3 Å². The molecule has 12 heteroatoms. The van der Waals surface area contributed by atoms with Crippen LogP contribution in [0.4, 0.5) is 11.4 Å². The molecule has 2 fully saturated rings. The fraction of sp³-hybridized carbons (Fsp3) is 0.345. The zero-order valence-electron chi connectivity index (χ0n) is 22.8. The Morgan fingerprint density at radius 1 is 0.634 bits per heavy atom. The van der Waals surface area contributed by atoms with Gasteiger partial charge in [0, 0.05) is 62.3 Å². The van der Waals surface area contributed by atoms with Crippen LogP contribution < -0.4 is 14.5 Å². The molecular weight excluding hydrogens is 528 g/mol. The normalized spacial score (nSPS) is 16.6. The van der Waals surface area contributed by atoms with E-state index in [1.54, 1.807) is 55.1 Å². The second kappa shape index (κ2) is 12.7. The Labute approximate surface area is 237 Å². The molecule has 5 rings (SSSR count). The lowest BCUT2D eigenvalue weighted by Crippen LogP contribution is -2.62. The van der Waals surface area contributed by atoms with Gasteiger partial charge in [0.15, 0.2) is 5.78 Å². The fourth-order valence-electron chi connectivity index (χ4n) is 4.74. The number of para-hydroxylation sites is 1. The first-order valence-corrected chi connectivity index (χ1v) is 13.5. The van der Waals surface area contributed by atoms with Gasteiger partial charge in [0.05, 0.1) is 26.2 Å². The molecule has 0 spiro atoms. The number of pyridine rings is 2. The number of ether oxygens (including phenoxy) is 1. The van der Waals surface area contributed by atoms with Crippen molar-refractivity contribution in [1.82, 2.24) is 20.1 Å². The molecule has 2 aliphatic heterocycles.